The molecule has 7 nitrogen and oxygen atoms in total. The third-order valence-corrected chi connectivity index (χ3v) is 6.75. The minimum absolute atomic E-state index is 0.0895. The van der Waals surface area contributed by atoms with Gasteiger partial charge in [0, 0.05) is 32.0 Å². The normalized spacial score (nSPS) is 11.1. The van der Waals surface area contributed by atoms with Crippen LogP contribution in [0.3, 0.4) is 0 Å². The maximum absolute atomic E-state index is 13.0. The fraction of sp³-hybridized carbons (Fsp3) is 0.217. The molecule has 3 rings (SSSR count). The molecule has 0 spiro atoms. The zero-order valence-corrected chi connectivity index (χ0v) is 18.6. The van der Waals surface area contributed by atoms with Crippen LogP contribution < -0.4 is 14.5 Å². The van der Waals surface area contributed by atoms with E-state index in [1.165, 1.54) is 29.7 Å². The van der Waals surface area contributed by atoms with E-state index in [0.717, 1.165) is 18.9 Å². The summed E-state index contributed by atoms with van der Waals surface area (Å²) in [5, 5.41) is 2.75. The van der Waals surface area contributed by atoms with Crippen LogP contribution in [0.1, 0.15) is 24.2 Å². The second-order valence-electron chi connectivity index (χ2n) is 6.87. The number of rotatable bonds is 8. The number of hydrogen-bond donors (Lipinski definition) is 1. The second-order valence-corrected chi connectivity index (χ2v) is 8.84. The molecule has 0 unspecified atom stereocenters. The average molecular weight is 439 g/mol. The van der Waals surface area contributed by atoms with Gasteiger partial charge in [-0.25, -0.2) is 13.4 Å². The number of amides is 1. The molecule has 8 heteroatoms. The molecule has 0 fully saturated rings. The van der Waals surface area contributed by atoms with Crippen LogP contribution in [-0.4, -0.2) is 39.4 Å². The molecule has 1 amide bonds. The van der Waals surface area contributed by atoms with Crippen molar-refractivity contribution in [3.8, 4) is 0 Å². The van der Waals surface area contributed by atoms with Crippen molar-refractivity contribution >= 4 is 33.1 Å². The SMILES string of the molecule is CCN(CC)c1ccc(C(=O)Nc2cccc(S(=O)(=O)N(C)c3ccccc3)c2)cn1. The number of anilines is 3. The predicted octanol–water partition coefficient (Wildman–Crippen LogP) is 4.01. The third kappa shape index (κ3) is 5.03. The van der Waals surface area contributed by atoms with Crippen molar-refractivity contribution in [3.63, 3.8) is 0 Å². The molecule has 0 saturated heterocycles. The fourth-order valence-corrected chi connectivity index (χ4v) is 4.37. The molecular weight excluding hydrogens is 412 g/mol. The highest BCUT2D eigenvalue weighted by atomic mass is 32.2. The van der Waals surface area contributed by atoms with E-state index in [1.54, 1.807) is 48.5 Å². The number of aromatic nitrogens is 1. The summed E-state index contributed by atoms with van der Waals surface area (Å²) in [5.41, 5.74) is 1.34. The van der Waals surface area contributed by atoms with E-state index in [2.05, 4.69) is 15.2 Å². The minimum Gasteiger partial charge on any atom is -0.357 e. The quantitative estimate of drug-likeness (QED) is 0.575. The van der Waals surface area contributed by atoms with Gasteiger partial charge in [0.25, 0.3) is 15.9 Å². The predicted molar refractivity (Wildman–Crippen MR) is 124 cm³/mol. The molecule has 162 valence electrons. The van der Waals surface area contributed by atoms with Crippen molar-refractivity contribution in [1.29, 1.82) is 0 Å². The first-order valence-electron chi connectivity index (χ1n) is 10.0. The number of benzene rings is 2. The minimum atomic E-state index is -3.77. The van der Waals surface area contributed by atoms with Crippen molar-refractivity contribution in [1.82, 2.24) is 4.98 Å². The van der Waals surface area contributed by atoms with Crippen LogP contribution in [0.15, 0.2) is 77.8 Å². The lowest BCUT2D eigenvalue weighted by Crippen LogP contribution is -2.26. The van der Waals surface area contributed by atoms with Gasteiger partial charge >= 0.3 is 0 Å². The third-order valence-electron chi connectivity index (χ3n) is 4.97. The fourth-order valence-electron chi connectivity index (χ4n) is 3.13. The van der Waals surface area contributed by atoms with Crippen molar-refractivity contribution in [2.75, 3.05) is 34.7 Å². The Labute approximate surface area is 183 Å². The van der Waals surface area contributed by atoms with E-state index in [4.69, 9.17) is 0 Å². The molecular formula is C23H26N4O3S. The molecule has 0 atom stereocenters. The van der Waals surface area contributed by atoms with Gasteiger partial charge in [0.05, 0.1) is 16.1 Å². The Bertz CT molecular complexity index is 1130. The van der Waals surface area contributed by atoms with E-state index in [-0.39, 0.29) is 10.8 Å². The smallest absolute Gasteiger partial charge is 0.264 e. The lowest BCUT2D eigenvalue weighted by Gasteiger charge is -2.20. The van der Waals surface area contributed by atoms with Gasteiger partial charge in [-0.05, 0) is 56.3 Å². The first kappa shape index (κ1) is 22.3. The molecule has 3 aromatic rings. The van der Waals surface area contributed by atoms with Crippen LogP contribution in [0, 0.1) is 0 Å². The molecule has 0 radical (unpaired) electrons. The van der Waals surface area contributed by atoms with Crippen LogP contribution in [-0.2, 0) is 10.0 Å². The van der Waals surface area contributed by atoms with Crippen molar-refractivity contribution in [2.24, 2.45) is 0 Å². The van der Waals surface area contributed by atoms with Gasteiger partial charge in [-0.1, -0.05) is 24.3 Å². The van der Waals surface area contributed by atoms with Gasteiger partial charge in [0.15, 0.2) is 0 Å². The summed E-state index contributed by atoms with van der Waals surface area (Å²) in [7, 11) is -2.27. The Kier molecular flexibility index (Phi) is 6.91. The summed E-state index contributed by atoms with van der Waals surface area (Å²) in [6.07, 6.45) is 1.52. The van der Waals surface area contributed by atoms with Crippen molar-refractivity contribution in [2.45, 2.75) is 18.7 Å². The average Bonchev–Trinajstić information content (AvgIpc) is 2.80. The van der Waals surface area contributed by atoms with E-state index in [9.17, 15) is 13.2 Å². The number of nitrogens with one attached hydrogen (secondary N) is 1. The largest absolute Gasteiger partial charge is 0.357 e. The molecule has 1 aromatic heterocycles. The van der Waals surface area contributed by atoms with Gasteiger partial charge in [-0.3, -0.25) is 9.10 Å². The zero-order valence-electron chi connectivity index (χ0n) is 17.8. The van der Waals surface area contributed by atoms with Crippen LogP contribution in [0.4, 0.5) is 17.2 Å². The second kappa shape index (κ2) is 9.61. The van der Waals surface area contributed by atoms with Gasteiger partial charge in [0.1, 0.15) is 5.82 Å². The molecule has 1 N–H and O–H groups in total. The van der Waals surface area contributed by atoms with Crippen molar-refractivity contribution < 1.29 is 13.2 Å². The Hall–Kier alpha value is -3.39. The Morgan fingerprint density at radius 2 is 1.68 bits per heavy atom. The highest BCUT2D eigenvalue weighted by Crippen LogP contribution is 2.24. The van der Waals surface area contributed by atoms with Gasteiger partial charge in [-0.15, -0.1) is 0 Å². The van der Waals surface area contributed by atoms with E-state index < -0.39 is 10.0 Å². The van der Waals surface area contributed by atoms with Crippen molar-refractivity contribution in [3.05, 3.63) is 78.5 Å². The standard InChI is InChI=1S/C23H26N4O3S/c1-4-27(5-2)22-15-14-18(17-24-22)23(28)25-19-10-9-13-21(16-19)31(29,30)26(3)20-11-7-6-8-12-20/h6-17H,4-5H2,1-3H3,(H,25,28). The lowest BCUT2D eigenvalue weighted by atomic mass is 10.2. The van der Waals surface area contributed by atoms with E-state index in [1.807, 2.05) is 19.9 Å². The summed E-state index contributed by atoms with van der Waals surface area (Å²) < 4.78 is 27.2. The molecule has 0 aliphatic heterocycles. The molecule has 0 aliphatic carbocycles. The zero-order chi connectivity index (χ0) is 22.4. The number of carbonyl (C=O) groups is 1. The number of pyridine rings is 1. The van der Waals surface area contributed by atoms with Crippen LogP contribution in [0.5, 0.6) is 0 Å². The topological polar surface area (TPSA) is 82.6 Å². The molecule has 0 saturated carbocycles. The molecule has 1 heterocycles. The Morgan fingerprint density at radius 3 is 2.29 bits per heavy atom. The molecule has 2 aromatic carbocycles. The first-order valence-corrected chi connectivity index (χ1v) is 11.5. The summed E-state index contributed by atoms with van der Waals surface area (Å²) in [6.45, 7) is 5.74. The first-order chi connectivity index (χ1) is 14.9. The number of nitrogens with zero attached hydrogens (tertiary/aromatic N) is 3. The van der Waals surface area contributed by atoms with Gasteiger partial charge in [-0.2, -0.15) is 0 Å². The molecule has 0 aliphatic rings. The number of hydrogen-bond acceptors (Lipinski definition) is 5. The number of para-hydroxylation sites is 1. The summed E-state index contributed by atoms with van der Waals surface area (Å²) in [6, 6.07) is 18.5. The maximum Gasteiger partial charge on any atom is 0.264 e. The summed E-state index contributed by atoms with van der Waals surface area (Å²) in [4.78, 5) is 19.2. The summed E-state index contributed by atoms with van der Waals surface area (Å²) >= 11 is 0. The number of sulfonamides is 1. The van der Waals surface area contributed by atoms with Crippen LogP contribution >= 0.6 is 0 Å². The van der Waals surface area contributed by atoms with Crippen LogP contribution in [0.25, 0.3) is 0 Å². The molecule has 31 heavy (non-hydrogen) atoms. The Morgan fingerprint density at radius 1 is 0.968 bits per heavy atom. The highest BCUT2D eigenvalue weighted by molar-refractivity contribution is 7.92. The maximum atomic E-state index is 13.0. The van der Waals surface area contributed by atoms with Gasteiger partial charge in [0.2, 0.25) is 0 Å². The number of carbonyl (C=O) groups excluding carboxylic acids is 1. The monoisotopic (exact) mass is 438 g/mol. The van der Waals surface area contributed by atoms with Gasteiger partial charge < -0.3 is 10.2 Å². The van der Waals surface area contributed by atoms with E-state index >= 15 is 0 Å². The van der Waals surface area contributed by atoms with E-state index in [0.29, 0.717) is 16.9 Å². The highest BCUT2D eigenvalue weighted by Gasteiger charge is 2.21. The summed E-state index contributed by atoms with van der Waals surface area (Å²) in [5.74, 6) is 0.447. The molecule has 0 bridgehead atoms. The lowest BCUT2D eigenvalue weighted by molar-refractivity contribution is 0.102. The Balaban J connectivity index is 1.78. The van der Waals surface area contributed by atoms with Crippen LogP contribution in [0.2, 0.25) is 0 Å².